The fraction of sp³-hybridized carbons (Fsp3) is 0.286. The van der Waals surface area contributed by atoms with Crippen LogP contribution < -0.4 is 0 Å². The van der Waals surface area contributed by atoms with Crippen molar-refractivity contribution in [2.45, 2.75) is 26.6 Å². The number of hydrogen-bond acceptors (Lipinski definition) is 2. The number of rotatable bonds is 2. The Kier molecular flexibility index (Phi) is 4.03. The number of nitrogens with zero attached hydrogens (tertiary/aromatic N) is 1. The van der Waals surface area contributed by atoms with Gasteiger partial charge in [-0.15, -0.1) is 5.54 Å². The molecule has 0 bridgehead atoms. The number of ketones is 1. The summed E-state index contributed by atoms with van der Waals surface area (Å²) in [5, 5.41) is 0. The summed E-state index contributed by atoms with van der Waals surface area (Å²) in [5.74, 6) is 3.14. The fourth-order valence-electron chi connectivity index (χ4n) is 1.30. The first-order valence-electron chi connectivity index (χ1n) is 5.48. The van der Waals surface area contributed by atoms with Crippen LogP contribution in [0, 0.1) is 11.5 Å². The zero-order valence-corrected chi connectivity index (χ0v) is 11.8. The van der Waals surface area contributed by atoms with E-state index >= 15 is 0 Å². The van der Waals surface area contributed by atoms with Crippen LogP contribution in [0.1, 0.15) is 22.8 Å². The molecule has 0 saturated carbocycles. The Balaban J connectivity index is 3.18. The molecule has 0 spiro atoms. The van der Waals surface area contributed by atoms with Gasteiger partial charge in [-0.25, -0.2) is 0 Å². The fourth-order valence-corrected chi connectivity index (χ4v) is 1.82. The van der Waals surface area contributed by atoms with Crippen LogP contribution in [0.4, 0.5) is 5.69 Å². The average Bonchev–Trinajstić information content (AvgIpc) is 2.24. The van der Waals surface area contributed by atoms with Gasteiger partial charge in [-0.05, 0) is 31.8 Å². The van der Waals surface area contributed by atoms with Crippen molar-refractivity contribution >= 4 is 26.3 Å². The van der Waals surface area contributed by atoms with Gasteiger partial charge in [0.15, 0.2) is 5.78 Å². The highest BCUT2D eigenvalue weighted by Crippen LogP contribution is 2.20. The van der Waals surface area contributed by atoms with Gasteiger partial charge in [-0.2, -0.15) is 0 Å². The molecule has 0 radical (unpaired) electrons. The molecular weight excluding hydrogens is 226 g/mol. The van der Waals surface area contributed by atoms with Crippen molar-refractivity contribution in [3.8, 4) is 11.5 Å². The van der Waals surface area contributed by atoms with Crippen LogP contribution >= 0.6 is 0 Å². The maximum atomic E-state index is 11.3. The van der Waals surface area contributed by atoms with E-state index < -0.39 is 8.07 Å². The standard InChI is InChI=1S/C14H17NOSi/c1-11(16)13-7-6-12(10-14(13)15-2)8-9-17(3,4)5/h6-7,10H,2H2,1,3-5H3. The van der Waals surface area contributed by atoms with E-state index in [1.54, 1.807) is 6.07 Å². The Bertz CT molecular complexity index is 515. The average molecular weight is 243 g/mol. The molecule has 0 aliphatic carbocycles. The van der Waals surface area contributed by atoms with E-state index in [0.717, 1.165) is 5.56 Å². The predicted octanol–water partition coefficient (Wildman–Crippen LogP) is 3.45. The Hall–Kier alpha value is -1.66. The first kappa shape index (κ1) is 13.4. The van der Waals surface area contributed by atoms with Crippen LogP contribution in [0.25, 0.3) is 0 Å². The molecule has 0 aromatic heterocycles. The number of aliphatic imine (C=N–C) groups is 1. The molecule has 0 saturated heterocycles. The third-order valence-electron chi connectivity index (χ3n) is 2.13. The van der Waals surface area contributed by atoms with Crippen LogP contribution in [0.15, 0.2) is 23.2 Å². The summed E-state index contributed by atoms with van der Waals surface area (Å²) in [6.45, 7) is 11.6. The highest BCUT2D eigenvalue weighted by Gasteiger charge is 2.09. The first-order valence-corrected chi connectivity index (χ1v) is 8.98. The largest absolute Gasteiger partial charge is 0.294 e. The molecule has 0 N–H and O–H groups in total. The van der Waals surface area contributed by atoms with Crippen molar-refractivity contribution in [2.75, 3.05) is 0 Å². The minimum Gasteiger partial charge on any atom is -0.294 e. The smallest absolute Gasteiger partial charge is 0.161 e. The topological polar surface area (TPSA) is 29.4 Å². The van der Waals surface area contributed by atoms with Crippen molar-refractivity contribution in [2.24, 2.45) is 4.99 Å². The Labute approximate surface area is 104 Å². The number of Topliss-reactive ketones (excluding diaryl/α,β-unsaturated/α-hetero) is 1. The highest BCUT2D eigenvalue weighted by molar-refractivity contribution is 6.83. The van der Waals surface area contributed by atoms with Crippen LogP contribution in [-0.2, 0) is 0 Å². The van der Waals surface area contributed by atoms with Gasteiger partial charge in [0.25, 0.3) is 0 Å². The van der Waals surface area contributed by atoms with Crippen molar-refractivity contribution in [1.29, 1.82) is 0 Å². The molecule has 1 rings (SSSR count). The van der Waals surface area contributed by atoms with Crippen LogP contribution in [-0.4, -0.2) is 20.6 Å². The lowest BCUT2D eigenvalue weighted by Crippen LogP contribution is -2.16. The summed E-state index contributed by atoms with van der Waals surface area (Å²) in [4.78, 5) is 15.2. The van der Waals surface area contributed by atoms with Gasteiger partial charge in [-0.3, -0.25) is 9.79 Å². The summed E-state index contributed by atoms with van der Waals surface area (Å²) >= 11 is 0. The zero-order valence-electron chi connectivity index (χ0n) is 10.8. The van der Waals surface area contributed by atoms with Gasteiger partial charge in [-0.1, -0.05) is 25.6 Å². The van der Waals surface area contributed by atoms with Crippen LogP contribution in [0.5, 0.6) is 0 Å². The number of carbonyl (C=O) groups is 1. The quantitative estimate of drug-likeness (QED) is 0.338. The lowest BCUT2D eigenvalue weighted by Gasteiger charge is -2.04. The molecule has 0 atom stereocenters. The van der Waals surface area contributed by atoms with Crippen molar-refractivity contribution in [3.05, 3.63) is 29.3 Å². The Morgan fingerprint density at radius 1 is 1.35 bits per heavy atom. The van der Waals surface area contributed by atoms with E-state index in [9.17, 15) is 4.79 Å². The number of benzene rings is 1. The lowest BCUT2D eigenvalue weighted by molar-refractivity contribution is 0.101. The summed E-state index contributed by atoms with van der Waals surface area (Å²) < 4.78 is 0. The van der Waals surface area contributed by atoms with E-state index in [2.05, 4.69) is 42.8 Å². The molecule has 0 fully saturated rings. The van der Waals surface area contributed by atoms with Crippen LogP contribution in [0.3, 0.4) is 0 Å². The second kappa shape index (κ2) is 5.11. The molecular formula is C14H17NOSi. The molecule has 0 aliphatic rings. The summed E-state index contributed by atoms with van der Waals surface area (Å²) in [7, 11) is -1.38. The zero-order chi connectivity index (χ0) is 13.1. The molecule has 0 unspecified atom stereocenters. The molecule has 1 aromatic carbocycles. The van der Waals surface area contributed by atoms with Gasteiger partial charge in [0.1, 0.15) is 8.07 Å². The van der Waals surface area contributed by atoms with E-state index in [-0.39, 0.29) is 5.78 Å². The summed E-state index contributed by atoms with van der Waals surface area (Å²) in [6, 6.07) is 5.44. The minimum absolute atomic E-state index is 0.00268. The Morgan fingerprint density at radius 2 is 2.00 bits per heavy atom. The normalized spacial score (nSPS) is 10.4. The Morgan fingerprint density at radius 3 is 2.47 bits per heavy atom. The third-order valence-corrected chi connectivity index (χ3v) is 3.00. The third kappa shape index (κ3) is 4.01. The molecule has 88 valence electrons. The van der Waals surface area contributed by atoms with Crippen LogP contribution in [0.2, 0.25) is 19.6 Å². The van der Waals surface area contributed by atoms with Gasteiger partial charge >= 0.3 is 0 Å². The molecule has 1 aromatic rings. The number of hydrogen-bond donors (Lipinski definition) is 0. The summed E-state index contributed by atoms with van der Waals surface area (Å²) in [5.41, 5.74) is 5.38. The molecule has 17 heavy (non-hydrogen) atoms. The van der Waals surface area contributed by atoms with Crippen molar-refractivity contribution < 1.29 is 4.79 Å². The van der Waals surface area contributed by atoms with E-state index in [4.69, 9.17) is 0 Å². The molecule has 0 amide bonds. The first-order chi connectivity index (χ1) is 7.83. The predicted molar refractivity (Wildman–Crippen MR) is 75.9 cm³/mol. The van der Waals surface area contributed by atoms with Crippen molar-refractivity contribution in [3.63, 3.8) is 0 Å². The van der Waals surface area contributed by atoms with Gasteiger partial charge in [0.05, 0.1) is 5.69 Å². The van der Waals surface area contributed by atoms with E-state index in [0.29, 0.717) is 11.3 Å². The second-order valence-electron chi connectivity index (χ2n) is 4.95. The highest BCUT2D eigenvalue weighted by atomic mass is 28.3. The molecule has 0 heterocycles. The van der Waals surface area contributed by atoms with E-state index in [1.165, 1.54) is 6.92 Å². The molecule has 2 nitrogen and oxygen atoms in total. The summed E-state index contributed by atoms with van der Waals surface area (Å²) in [6.07, 6.45) is 0. The van der Waals surface area contributed by atoms with Gasteiger partial charge in [0.2, 0.25) is 0 Å². The molecule has 0 aliphatic heterocycles. The van der Waals surface area contributed by atoms with Gasteiger partial charge < -0.3 is 0 Å². The van der Waals surface area contributed by atoms with Crippen molar-refractivity contribution in [1.82, 2.24) is 0 Å². The number of carbonyl (C=O) groups excluding carboxylic acids is 1. The minimum atomic E-state index is -1.38. The second-order valence-corrected chi connectivity index (χ2v) is 9.70. The SMILES string of the molecule is C=Nc1cc(C#C[Si](C)(C)C)ccc1C(C)=O. The van der Waals surface area contributed by atoms with E-state index in [1.807, 2.05) is 12.1 Å². The maximum absolute atomic E-state index is 11.3. The molecule has 3 heteroatoms. The maximum Gasteiger partial charge on any atom is 0.161 e. The lowest BCUT2D eigenvalue weighted by atomic mass is 10.1. The monoisotopic (exact) mass is 243 g/mol. The van der Waals surface area contributed by atoms with Gasteiger partial charge in [0, 0.05) is 11.1 Å².